The molecule has 0 heterocycles. The molecular weight excluding hydrogens is 366 g/mol. The average molecular weight is 389 g/mol. The Morgan fingerprint density at radius 1 is 1.11 bits per heavy atom. The summed E-state index contributed by atoms with van der Waals surface area (Å²) in [4.78, 5) is 12.1. The van der Waals surface area contributed by atoms with Gasteiger partial charge in [0, 0.05) is 0 Å². The number of hydrazone groups is 1. The second-order valence-electron chi connectivity index (χ2n) is 6.02. The molecule has 2 aromatic rings. The maximum atomic E-state index is 11.9. The molecule has 0 atom stereocenters. The highest BCUT2D eigenvalue weighted by Crippen LogP contribution is 2.18. The SMILES string of the molecule is CNS(=O)(=O)c1ccc(/C(C)=N\NC(=O)COc2cc(C)ccc2C)cc1. The van der Waals surface area contributed by atoms with E-state index in [-0.39, 0.29) is 17.4 Å². The van der Waals surface area contributed by atoms with Gasteiger partial charge in [0.15, 0.2) is 6.61 Å². The van der Waals surface area contributed by atoms with Gasteiger partial charge in [-0.15, -0.1) is 0 Å². The molecule has 2 aromatic carbocycles. The molecule has 2 N–H and O–H groups in total. The molecule has 0 bridgehead atoms. The molecule has 0 radical (unpaired) electrons. The minimum atomic E-state index is -3.48. The standard InChI is InChI=1S/C19H23N3O4S/c1-13-5-6-14(2)18(11-13)26-12-19(23)22-21-15(3)16-7-9-17(10-8-16)27(24,25)20-4/h5-11,20H,12H2,1-4H3,(H,22,23)/b21-15-. The van der Waals surface area contributed by atoms with E-state index in [0.29, 0.717) is 17.0 Å². The fourth-order valence-corrected chi connectivity index (χ4v) is 2.97. The first-order valence-electron chi connectivity index (χ1n) is 8.30. The van der Waals surface area contributed by atoms with Crippen LogP contribution in [0.4, 0.5) is 0 Å². The van der Waals surface area contributed by atoms with Gasteiger partial charge in [0.25, 0.3) is 5.91 Å². The highest BCUT2D eigenvalue weighted by atomic mass is 32.2. The van der Waals surface area contributed by atoms with E-state index >= 15 is 0 Å². The lowest BCUT2D eigenvalue weighted by atomic mass is 10.1. The molecule has 0 aliphatic carbocycles. The lowest BCUT2D eigenvalue weighted by Crippen LogP contribution is -2.25. The van der Waals surface area contributed by atoms with Crippen molar-refractivity contribution in [2.24, 2.45) is 5.10 Å². The predicted octanol–water partition coefficient (Wildman–Crippen LogP) is 2.13. The van der Waals surface area contributed by atoms with Crippen molar-refractivity contribution in [1.82, 2.24) is 10.1 Å². The molecule has 144 valence electrons. The zero-order valence-electron chi connectivity index (χ0n) is 15.7. The number of amides is 1. The van der Waals surface area contributed by atoms with Crippen LogP contribution < -0.4 is 14.9 Å². The van der Waals surface area contributed by atoms with E-state index < -0.39 is 10.0 Å². The van der Waals surface area contributed by atoms with E-state index in [9.17, 15) is 13.2 Å². The summed E-state index contributed by atoms with van der Waals surface area (Å²) in [6.45, 7) is 5.42. The monoisotopic (exact) mass is 389 g/mol. The van der Waals surface area contributed by atoms with Gasteiger partial charge in [-0.1, -0.05) is 24.3 Å². The zero-order chi connectivity index (χ0) is 20.0. The van der Waals surface area contributed by atoms with Crippen molar-refractivity contribution < 1.29 is 17.9 Å². The topological polar surface area (TPSA) is 96.9 Å². The number of rotatable bonds is 7. The van der Waals surface area contributed by atoms with Crippen LogP contribution in [0.5, 0.6) is 5.75 Å². The molecule has 0 saturated heterocycles. The molecule has 0 aliphatic heterocycles. The number of hydrogen-bond acceptors (Lipinski definition) is 5. The van der Waals surface area contributed by atoms with Crippen LogP contribution in [0.1, 0.15) is 23.6 Å². The minimum Gasteiger partial charge on any atom is -0.483 e. The van der Waals surface area contributed by atoms with Crippen molar-refractivity contribution in [2.75, 3.05) is 13.7 Å². The average Bonchev–Trinajstić information content (AvgIpc) is 2.66. The molecular formula is C19H23N3O4S. The molecule has 0 aliphatic rings. The number of nitrogens with zero attached hydrogens (tertiary/aromatic N) is 1. The third-order valence-electron chi connectivity index (χ3n) is 3.90. The first-order chi connectivity index (χ1) is 12.7. The van der Waals surface area contributed by atoms with Crippen molar-refractivity contribution in [3.05, 3.63) is 59.2 Å². The van der Waals surface area contributed by atoms with Gasteiger partial charge in [0.1, 0.15) is 5.75 Å². The Morgan fingerprint density at radius 3 is 2.41 bits per heavy atom. The molecule has 7 nitrogen and oxygen atoms in total. The first-order valence-corrected chi connectivity index (χ1v) is 9.78. The second-order valence-corrected chi connectivity index (χ2v) is 7.91. The maximum absolute atomic E-state index is 11.9. The molecule has 0 spiro atoms. The van der Waals surface area contributed by atoms with Crippen molar-refractivity contribution in [2.45, 2.75) is 25.7 Å². The molecule has 0 fully saturated rings. The van der Waals surface area contributed by atoms with Crippen LogP contribution in [0.2, 0.25) is 0 Å². The maximum Gasteiger partial charge on any atom is 0.277 e. The molecule has 0 saturated carbocycles. The Balaban J connectivity index is 1.96. The summed E-state index contributed by atoms with van der Waals surface area (Å²) in [6.07, 6.45) is 0. The fourth-order valence-electron chi connectivity index (χ4n) is 2.24. The molecule has 0 aromatic heterocycles. The van der Waals surface area contributed by atoms with E-state index in [1.54, 1.807) is 19.1 Å². The van der Waals surface area contributed by atoms with E-state index in [1.165, 1.54) is 19.2 Å². The van der Waals surface area contributed by atoms with Crippen LogP contribution in [-0.2, 0) is 14.8 Å². The molecule has 1 amide bonds. The van der Waals surface area contributed by atoms with E-state index in [4.69, 9.17) is 4.74 Å². The van der Waals surface area contributed by atoms with Gasteiger partial charge in [-0.3, -0.25) is 4.79 Å². The normalized spacial score (nSPS) is 11.9. The van der Waals surface area contributed by atoms with Crippen LogP contribution in [0.15, 0.2) is 52.5 Å². The Hall–Kier alpha value is -2.71. The summed E-state index contributed by atoms with van der Waals surface area (Å²) in [7, 11) is -2.13. The molecule has 2 rings (SSSR count). The van der Waals surface area contributed by atoms with E-state index in [0.717, 1.165) is 11.1 Å². The molecule has 8 heteroatoms. The van der Waals surface area contributed by atoms with Gasteiger partial charge < -0.3 is 4.74 Å². The van der Waals surface area contributed by atoms with Crippen LogP contribution in [0.25, 0.3) is 0 Å². The highest BCUT2D eigenvalue weighted by molar-refractivity contribution is 7.89. The van der Waals surface area contributed by atoms with Gasteiger partial charge in [-0.25, -0.2) is 18.6 Å². The third-order valence-corrected chi connectivity index (χ3v) is 5.33. The van der Waals surface area contributed by atoms with Gasteiger partial charge >= 0.3 is 0 Å². The van der Waals surface area contributed by atoms with E-state index in [2.05, 4.69) is 15.2 Å². The number of carbonyl (C=O) groups is 1. The largest absolute Gasteiger partial charge is 0.483 e. The summed E-state index contributed by atoms with van der Waals surface area (Å²) in [5.41, 5.74) is 5.67. The molecule has 27 heavy (non-hydrogen) atoms. The minimum absolute atomic E-state index is 0.152. The first kappa shape index (κ1) is 20.6. The Labute approximate surface area is 159 Å². The number of carbonyl (C=O) groups excluding carboxylic acids is 1. The number of hydrogen-bond donors (Lipinski definition) is 2. The van der Waals surface area contributed by atoms with Gasteiger partial charge in [0.05, 0.1) is 10.6 Å². The van der Waals surface area contributed by atoms with Crippen LogP contribution in [0.3, 0.4) is 0 Å². The fraction of sp³-hybridized carbons (Fsp3) is 0.263. The Morgan fingerprint density at radius 2 is 1.78 bits per heavy atom. The second kappa shape index (κ2) is 8.79. The van der Waals surface area contributed by atoms with E-state index in [1.807, 2.05) is 32.0 Å². The van der Waals surface area contributed by atoms with Crippen molar-refractivity contribution in [3.8, 4) is 5.75 Å². The number of ether oxygens (including phenoxy) is 1. The van der Waals surface area contributed by atoms with Crippen molar-refractivity contribution in [1.29, 1.82) is 0 Å². The van der Waals surface area contributed by atoms with Crippen LogP contribution >= 0.6 is 0 Å². The quantitative estimate of drug-likeness (QED) is 0.560. The van der Waals surface area contributed by atoms with Crippen molar-refractivity contribution >= 4 is 21.6 Å². The number of aryl methyl sites for hydroxylation is 2. The number of sulfonamides is 1. The Bertz CT molecular complexity index is 951. The van der Waals surface area contributed by atoms with Gasteiger partial charge in [-0.05, 0) is 62.7 Å². The lowest BCUT2D eigenvalue weighted by Gasteiger charge is -2.09. The zero-order valence-corrected chi connectivity index (χ0v) is 16.6. The number of nitrogens with one attached hydrogen (secondary N) is 2. The van der Waals surface area contributed by atoms with Gasteiger partial charge in [0.2, 0.25) is 10.0 Å². The van der Waals surface area contributed by atoms with Crippen LogP contribution in [-0.4, -0.2) is 33.7 Å². The summed E-state index contributed by atoms with van der Waals surface area (Å²) in [5, 5.41) is 4.03. The summed E-state index contributed by atoms with van der Waals surface area (Å²) >= 11 is 0. The third kappa shape index (κ3) is 5.63. The summed E-state index contributed by atoms with van der Waals surface area (Å²) in [5.74, 6) is 0.275. The van der Waals surface area contributed by atoms with Crippen LogP contribution in [0, 0.1) is 13.8 Å². The van der Waals surface area contributed by atoms with Gasteiger partial charge in [-0.2, -0.15) is 5.10 Å². The predicted molar refractivity (Wildman–Crippen MR) is 104 cm³/mol. The smallest absolute Gasteiger partial charge is 0.277 e. The molecule has 0 unspecified atom stereocenters. The summed E-state index contributed by atoms with van der Waals surface area (Å²) < 4.78 is 31.2. The summed E-state index contributed by atoms with van der Waals surface area (Å²) in [6, 6.07) is 12.0. The number of benzene rings is 2. The highest BCUT2D eigenvalue weighted by Gasteiger charge is 2.11. The lowest BCUT2D eigenvalue weighted by molar-refractivity contribution is -0.123. The van der Waals surface area contributed by atoms with Crippen molar-refractivity contribution in [3.63, 3.8) is 0 Å². The Kier molecular flexibility index (Phi) is 6.70.